The number of rotatable bonds is 4. The molecule has 5 heterocycles. The topological polar surface area (TPSA) is 82.7 Å². The van der Waals surface area contributed by atoms with E-state index in [0.717, 1.165) is 29.5 Å². The Balaban J connectivity index is 1.31. The number of thiophene rings is 1. The molecule has 0 aliphatic carbocycles. The number of piperidine rings is 1. The third kappa shape index (κ3) is 3.02. The highest BCUT2D eigenvalue weighted by molar-refractivity contribution is 7.17. The molecule has 0 saturated carbocycles. The van der Waals surface area contributed by atoms with E-state index in [9.17, 15) is 9.18 Å². The number of aromatic nitrogens is 3. The first kappa shape index (κ1) is 16.8. The molecule has 140 valence electrons. The van der Waals surface area contributed by atoms with Crippen LogP contribution in [0.4, 0.5) is 10.2 Å². The van der Waals surface area contributed by atoms with Crippen molar-refractivity contribution >= 4 is 27.2 Å². The molecule has 2 aliphatic heterocycles. The van der Waals surface area contributed by atoms with Gasteiger partial charge in [0.25, 0.3) is 5.56 Å². The molecule has 8 heteroatoms. The summed E-state index contributed by atoms with van der Waals surface area (Å²) in [5.41, 5.74) is 1.32. The molecule has 4 atom stereocenters. The van der Waals surface area contributed by atoms with E-state index in [0.29, 0.717) is 29.5 Å². The highest BCUT2D eigenvalue weighted by Gasteiger charge is 2.41. The van der Waals surface area contributed by atoms with Crippen LogP contribution in [0.2, 0.25) is 0 Å². The lowest BCUT2D eigenvalue weighted by Gasteiger charge is -2.32. The molecule has 2 fully saturated rings. The Bertz CT molecular complexity index is 1020. The molecule has 2 bridgehead atoms. The maximum Gasteiger partial charge on any atom is 0.257 e. The summed E-state index contributed by atoms with van der Waals surface area (Å²) < 4.78 is 15.4. The van der Waals surface area contributed by atoms with Crippen molar-refractivity contribution in [1.29, 1.82) is 0 Å². The molecule has 2 saturated heterocycles. The number of hydrogen-bond donors (Lipinski definition) is 3. The van der Waals surface area contributed by atoms with Crippen LogP contribution in [-0.2, 0) is 0 Å². The molecule has 0 unspecified atom stereocenters. The molecule has 3 aromatic heterocycles. The number of hydrogen-bond acceptors (Lipinski definition) is 6. The average molecular weight is 385 g/mol. The van der Waals surface area contributed by atoms with Crippen LogP contribution in [0.1, 0.15) is 19.3 Å². The molecule has 27 heavy (non-hydrogen) atoms. The number of nitrogens with one attached hydrogen (secondary N) is 3. The Hall–Kier alpha value is -2.32. The van der Waals surface area contributed by atoms with Crippen LogP contribution in [0.25, 0.3) is 21.3 Å². The molecule has 6 nitrogen and oxygen atoms in total. The molecule has 0 aromatic carbocycles. The van der Waals surface area contributed by atoms with Crippen LogP contribution in [0.3, 0.4) is 0 Å². The first-order chi connectivity index (χ1) is 13.2. The van der Waals surface area contributed by atoms with Crippen LogP contribution in [-0.4, -0.2) is 40.0 Å². The van der Waals surface area contributed by atoms with Gasteiger partial charge in [-0.1, -0.05) is 0 Å². The van der Waals surface area contributed by atoms with E-state index in [2.05, 4.69) is 25.8 Å². The molecule has 3 N–H and O–H groups in total. The average Bonchev–Trinajstić information content (AvgIpc) is 3.30. The van der Waals surface area contributed by atoms with Crippen molar-refractivity contribution in [3.63, 3.8) is 0 Å². The fourth-order valence-electron chi connectivity index (χ4n) is 4.30. The minimum atomic E-state index is -0.813. The molecule has 0 radical (unpaired) electrons. The maximum absolute atomic E-state index is 14.5. The summed E-state index contributed by atoms with van der Waals surface area (Å²) in [7, 11) is 0. The van der Waals surface area contributed by atoms with Crippen molar-refractivity contribution in [3.8, 4) is 11.3 Å². The minimum absolute atomic E-state index is 0.00426. The predicted octanol–water partition coefficient (Wildman–Crippen LogP) is 2.94. The minimum Gasteiger partial charge on any atom is -0.368 e. The monoisotopic (exact) mass is 385 g/mol. The number of fused-ring (bicyclic) bond motifs is 3. The molecule has 0 spiro atoms. The van der Waals surface area contributed by atoms with Crippen LogP contribution >= 0.6 is 11.3 Å². The molecule has 2 aliphatic rings. The van der Waals surface area contributed by atoms with Crippen molar-refractivity contribution in [2.75, 3.05) is 11.9 Å². The summed E-state index contributed by atoms with van der Waals surface area (Å²) in [5, 5.41) is 17.6. The van der Waals surface area contributed by atoms with Gasteiger partial charge >= 0.3 is 0 Å². The van der Waals surface area contributed by atoms with Gasteiger partial charge in [-0.3, -0.25) is 4.79 Å². The smallest absolute Gasteiger partial charge is 0.257 e. The van der Waals surface area contributed by atoms with Gasteiger partial charge < -0.3 is 15.6 Å². The van der Waals surface area contributed by atoms with E-state index in [4.69, 9.17) is 0 Å². The van der Waals surface area contributed by atoms with E-state index in [1.807, 2.05) is 23.6 Å². The standard InChI is InChI=1S/C19H20FN5OS/c20-18-10(7-11-1-2-14(18)23-11)8-22-16-4-3-13(24-25-16)12-9-27-15-5-6-21-19(26)17(12)15/h3-6,9-11,14,18,23H,1-2,7-8H2,(H,21,26)(H,22,25)/t10-,11-,14+,18+/m1/s1. The van der Waals surface area contributed by atoms with Crippen molar-refractivity contribution in [2.24, 2.45) is 5.92 Å². The molecule has 3 aromatic rings. The molecular formula is C19H20FN5OS. The zero-order valence-corrected chi connectivity index (χ0v) is 15.4. The Morgan fingerprint density at radius 2 is 2.19 bits per heavy atom. The predicted molar refractivity (Wildman–Crippen MR) is 105 cm³/mol. The summed E-state index contributed by atoms with van der Waals surface area (Å²) in [5.74, 6) is 0.634. The highest BCUT2D eigenvalue weighted by atomic mass is 32.1. The first-order valence-corrected chi connectivity index (χ1v) is 10.1. The van der Waals surface area contributed by atoms with Crippen LogP contribution < -0.4 is 16.2 Å². The Labute approximate surface area is 159 Å². The van der Waals surface area contributed by atoms with Crippen LogP contribution in [0, 0.1) is 5.92 Å². The number of H-pyrrole nitrogens is 1. The second-order valence-electron chi connectivity index (χ2n) is 7.37. The second kappa shape index (κ2) is 6.69. The first-order valence-electron chi connectivity index (χ1n) is 9.26. The van der Waals surface area contributed by atoms with Crippen LogP contribution in [0.5, 0.6) is 0 Å². The van der Waals surface area contributed by atoms with Crippen LogP contribution in [0.15, 0.2) is 34.6 Å². The van der Waals surface area contributed by atoms with Gasteiger partial charge in [-0.25, -0.2) is 4.39 Å². The third-order valence-electron chi connectivity index (χ3n) is 5.68. The van der Waals surface area contributed by atoms with Gasteiger partial charge in [0.05, 0.1) is 11.1 Å². The largest absolute Gasteiger partial charge is 0.368 e. The quantitative estimate of drug-likeness (QED) is 0.643. The number of halogens is 1. The fraction of sp³-hybridized carbons (Fsp3) is 0.421. The summed E-state index contributed by atoms with van der Waals surface area (Å²) >= 11 is 1.51. The van der Waals surface area contributed by atoms with Gasteiger partial charge in [0, 0.05) is 46.4 Å². The zero-order chi connectivity index (χ0) is 18.4. The molecule has 5 rings (SSSR count). The summed E-state index contributed by atoms with van der Waals surface area (Å²) in [4.78, 5) is 14.8. The molecule has 0 amide bonds. The number of anilines is 1. The van der Waals surface area contributed by atoms with E-state index in [1.54, 1.807) is 6.20 Å². The highest BCUT2D eigenvalue weighted by Crippen LogP contribution is 2.33. The van der Waals surface area contributed by atoms with Crippen molar-refractivity contribution < 1.29 is 4.39 Å². The summed E-state index contributed by atoms with van der Waals surface area (Å²) in [6.07, 6.45) is 3.70. The lowest BCUT2D eigenvalue weighted by molar-refractivity contribution is 0.141. The lowest BCUT2D eigenvalue weighted by atomic mass is 9.90. The number of nitrogens with zero attached hydrogens (tertiary/aromatic N) is 2. The van der Waals surface area contributed by atoms with E-state index >= 15 is 0 Å². The Morgan fingerprint density at radius 3 is 3.04 bits per heavy atom. The van der Waals surface area contributed by atoms with Crippen molar-refractivity contribution in [1.82, 2.24) is 20.5 Å². The van der Waals surface area contributed by atoms with E-state index in [-0.39, 0.29) is 17.5 Å². The van der Waals surface area contributed by atoms with Gasteiger partial charge in [-0.05, 0) is 37.5 Å². The number of aromatic amines is 1. The van der Waals surface area contributed by atoms with Gasteiger partial charge in [0.15, 0.2) is 0 Å². The van der Waals surface area contributed by atoms with Crippen molar-refractivity contribution in [3.05, 3.63) is 40.1 Å². The van der Waals surface area contributed by atoms with E-state index < -0.39 is 6.17 Å². The Morgan fingerprint density at radius 1 is 1.26 bits per heavy atom. The fourth-order valence-corrected chi connectivity index (χ4v) is 5.25. The van der Waals surface area contributed by atoms with E-state index in [1.165, 1.54) is 11.3 Å². The lowest BCUT2D eigenvalue weighted by Crippen LogP contribution is -2.48. The number of alkyl halides is 1. The zero-order valence-electron chi connectivity index (χ0n) is 14.6. The SMILES string of the molecule is O=c1[nH]ccc2scc(-c3ccc(NC[C@H]4C[C@H]5CC[C@H](N5)[C@H]4F)nn3)c12. The Kier molecular flexibility index (Phi) is 4.17. The van der Waals surface area contributed by atoms with Gasteiger partial charge in [0.2, 0.25) is 0 Å². The van der Waals surface area contributed by atoms with Gasteiger partial charge in [-0.15, -0.1) is 21.5 Å². The number of pyridine rings is 1. The van der Waals surface area contributed by atoms with Gasteiger partial charge in [0.1, 0.15) is 12.0 Å². The summed E-state index contributed by atoms with van der Waals surface area (Å²) in [6, 6.07) is 6.03. The third-order valence-corrected chi connectivity index (χ3v) is 6.63. The van der Waals surface area contributed by atoms with Gasteiger partial charge in [-0.2, -0.15) is 0 Å². The molecular weight excluding hydrogens is 365 g/mol. The van der Waals surface area contributed by atoms with Crippen molar-refractivity contribution in [2.45, 2.75) is 37.5 Å². The normalized spacial score (nSPS) is 27.1. The summed E-state index contributed by atoms with van der Waals surface area (Å²) in [6.45, 7) is 0.560. The second-order valence-corrected chi connectivity index (χ2v) is 8.28. The maximum atomic E-state index is 14.5.